The highest BCUT2D eigenvalue weighted by molar-refractivity contribution is 5.77. The quantitative estimate of drug-likeness (QED) is 0.235. The Morgan fingerprint density at radius 3 is 2.19 bits per heavy atom. The second-order valence-electron chi connectivity index (χ2n) is 10.9. The van der Waals surface area contributed by atoms with Crippen LogP contribution in [0.1, 0.15) is 67.6 Å². The van der Waals surface area contributed by atoms with Gasteiger partial charge >= 0.3 is 0 Å². The van der Waals surface area contributed by atoms with E-state index in [2.05, 4.69) is 134 Å². The first kappa shape index (κ1) is 23.5. The summed E-state index contributed by atoms with van der Waals surface area (Å²) in [6.07, 6.45) is 9.33. The normalized spacial score (nSPS) is 12.4. The van der Waals surface area contributed by atoms with Gasteiger partial charge in [0.05, 0.1) is 18.3 Å². The molecule has 37 heavy (non-hydrogen) atoms. The lowest BCUT2D eigenvalue weighted by Gasteiger charge is -2.21. The fraction of sp³-hybridized carbons (Fsp3) is 0.273. The molecule has 0 saturated carbocycles. The Kier molecular flexibility index (Phi) is 5.63. The molecule has 0 atom stereocenters. The molecule has 0 bridgehead atoms. The molecule has 0 fully saturated rings. The molecular formula is C33H35N4+. The SMILES string of the molecule is Cc1ccc2c(c1-c1n(-c3c(C(C)C)cc(-c4ccccc4)cc3C(C)C)cc[n+]1C)-n1ccnc1C2. The molecule has 4 nitrogen and oxygen atoms in total. The molecule has 3 heterocycles. The number of nitrogens with zero attached hydrogens (tertiary/aromatic N) is 4. The van der Waals surface area contributed by atoms with Gasteiger partial charge in [-0.2, -0.15) is 4.57 Å². The second-order valence-corrected chi connectivity index (χ2v) is 10.9. The summed E-state index contributed by atoms with van der Waals surface area (Å²) >= 11 is 0. The number of rotatable bonds is 5. The van der Waals surface area contributed by atoms with Crippen molar-refractivity contribution in [3.63, 3.8) is 0 Å². The van der Waals surface area contributed by atoms with E-state index in [1.807, 2.05) is 6.20 Å². The number of benzene rings is 3. The number of hydrogen-bond acceptors (Lipinski definition) is 1. The van der Waals surface area contributed by atoms with Crippen molar-refractivity contribution in [2.45, 2.75) is 52.9 Å². The fourth-order valence-corrected chi connectivity index (χ4v) is 5.87. The molecule has 6 rings (SSSR count). The van der Waals surface area contributed by atoms with Gasteiger partial charge in [0.25, 0.3) is 5.82 Å². The van der Waals surface area contributed by atoms with Crippen LogP contribution >= 0.6 is 0 Å². The van der Waals surface area contributed by atoms with Crippen molar-refractivity contribution in [1.29, 1.82) is 0 Å². The minimum Gasteiger partial charge on any atom is -0.302 e. The van der Waals surface area contributed by atoms with Crippen molar-refractivity contribution < 1.29 is 4.57 Å². The monoisotopic (exact) mass is 487 g/mol. The predicted octanol–water partition coefficient (Wildman–Crippen LogP) is 7.28. The summed E-state index contributed by atoms with van der Waals surface area (Å²) in [7, 11) is 2.16. The highest BCUT2D eigenvalue weighted by atomic mass is 15.2. The average molecular weight is 488 g/mol. The van der Waals surface area contributed by atoms with E-state index in [9.17, 15) is 0 Å². The largest absolute Gasteiger partial charge is 0.302 e. The van der Waals surface area contributed by atoms with Gasteiger partial charge in [-0.1, -0.05) is 70.2 Å². The molecule has 0 N–H and O–H groups in total. The van der Waals surface area contributed by atoms with Crippen LogP contribution in [0.3, 0.4) is 0 Å². The molecule has 0 radical (unpaired) electrons. The Labute approximate surface area is 219 Å². The van der Waals surface area contributed by atoms with Gasteiger partial charge in [-0.25, -0.2) is 9.55 Å². The molecular weight excluding hydrogens is 452 g/mol. The van der Waals surface area contributed by atoms with Crippen molar-refractivity contribution in [2.24, 2.45) is 7.05 Å². The topological polar surface area (TPSA) is 26.6 Å². The standard InChI is InChI=1S/C33H35N4/c1-21(2)27-18-26(24-10-8-7-9-11-24)19-28(22(3)4)32(27)37-17-16-35(6)33(37)30-23(5)12-13-25-20-29-34-14-15-36(29)31(25)30/h7-19,21-22H,20H2,1-6H3/q+1. The highest BCUT2D eigenvalue weighted by Crippen LogP contribution is 2.41. The van der Waals surface area contributed by atoms with Crippen LogP contribution in [0.2, 0.25) is 0 Å². The molecule has 0 unspecified atom stereocenters. The van der Waals surface area contributed by atoms with Gasteiger partial charge in [-0.15, -0.1) is 0 Å². The van der Waals surface area contributed by atoms with E-state index in [0.717, 1.165) is 12.2 Å². The Hall–Kier alpha value is -3.92. The van der Waals surface area contributed by atoms with Crippen LogP contribution in [0.5, 0.6) is 0 Å². The first-order valence-corrected chi connectivity index (χ1v) is 13.3. The molecule has 0 spiro atoms. The van der Waals surface area contributed by atoms with Crippen LogP contribution < -0.4 is 4.57 Å². The molecule has 0 saturated heterocycles. The molecule has 5 aromatic rings. The van der Waals surface area contributed by atoms with Gasteiger partial charge in [-0.05, 0) is 53.1 Å². The van der Waals surface area contributed by atoms with Crippen molar-refractivity contribution in [3.05, 3.63) is 107 Å². The number of fused-ring (bicyclic) bond motifs is 3. The first-order chi connectivity index (χ1) is 17.8. The number of imidazole rings is 2. The van der Waals surface area contributed by atoms with Crippen LogP contribution in [-0.2, 0) is 13.5 Å². The third kappa shape index (κ3) is 3.74. The van der Waals surface area contributed by atoms with E-state index < -0.39 is 0 Å². The number of aryl methyl sites for hydroxylation is 2. The maximum absolute atomic E-state index is 4.63. The smallest absolute Gasteiger partial charge is 0.296 e. The molecule has 186 valence electrons. The van der Waals surface area contributed by atoms with Gasteiger partial charge in [0.1, 0.15) is 23.9 Å². The van der Waals surface area contributed by atoms with E-state index in [1.54, 1.807) is 0 Å². The molecule has 0 amide bonds. The van der Waals surface area contributed by atoms with E-state index in [4.69, 9.17) is 0 Å². The molecule has 1 aliphatic heterocycles. The summed E-state index contributed by atoms with van der Waals surface area (Å²) in [6, 6.07) is 20.1. The van der Waals surface area contributed by atoms with Gasteiger partial charge in [0, 0.05) is 29.9 Å². The number of aromatic nitrogens is 4. The summed E-state index contributed by atoms with van der Waals surface area (Å²) in [5, 5.41) is 0. The Balaban J connectivity index is 1.66. The second kappa shape index (κ2) is 8.88. The van der Waals surface area contributed by atoms with E-state index in [0.29, 0.717) is 11.8 Å². The van der Waals surface area contributed by atoms with Crippen molar-refractivity contribution in [3.8, 4) is 33.9 Å². The third-order valence-electron chi connectivity index (χ3n) is 7.76. The van der Waals surface area contributed by atoms with Gasteiger partial charge in [0.15, 0.2) is 0 Å². The van der Waals surface area contributed by atoms with Crippen LogP contribution in [0.15, 0.2) is 79.4 Å². The molecule has 1 aliphatic rings. The third-order valence-corrected chi connectivity index (χ3v) is 7.76. The van der Waals surface area contributed by atoms with Crippen molar-refractivity contribution in [1.82, 2.24) is 14.1 Å². The Morgan fingerprint density at radius 2 is 1.51 bits per heavy atom. The van der Waals surface area contributed by atoms with Crippen LogP contribution in [0.25, 0.3) is 33.9 Å². The van der Waals surface area contributed by atoms with Crippen LogP contribution in [0.4, 0.5) is 0 Å². The maximum Gasteiger partial charge on any atom is 0.296 e. The predicted molar refractivity (Wildman–Crippen MR) is 151 cm³/mol. The van der Waals surface area contributed by atoms with Gasteiger partial charge in [-0.3, -0.25) is 0 Å². The maximum atomic E-state index is 4.63. The average Bonchev–Trinajstić information content (AvgIpc) is 3.59. The lowest BCUT2D eigenvalue weighted by Crippen LogP contribution is -2.30. The minimum atomic E-state index is 0.375. The highest BCUT2D eigenvalue weighted by Gasteiger charge is 2.32. The Morgan fingerprint density at radius 1 is 0.811 bits per heavy atom. The van der Waals surface area contributed by atoms with Crippen molar-refractivity contribution >= 4 is 0 Å². The van der Waals surface area contributed by atoms with E-state index in [1.165, 1.54) is 56.1 Å². The zero-order chi connectivity index (χ0) is 25.8. The molecule has 2 aromatic heterocycles. The number of hydrogen-bond donors (Lipinski definition) is 0. The molecule has 3 aromatic carbocycles. The van der Waals surface area contributed by atoms with Crippen LogP contribution in [0, 0.1) is 6.92 Å². The van der Waals surface area contributed by atoms with E-state index in [-0.39, 0.29) is 0 Å². The van der Waals surface area contributed by atoms with Gasteiger partial charge < -0.3 is 4.57 Å². The summed E-state index contributed by atoms with van der Waals surface area (Å²) in [4.78, 5) is 4.63. The van der Waals surface area contributed by atoms with Gasteiger partial charge in [0.2, 0.25) is 0 Å². The summed E-state index contributed by atoms with van der Waals surface area (Å²) in [6.45, 7) is 11.5. The zero-order valence-electron chi connectivity index (χ0n) is 22.7. The Bertz CT molecular complexity index is 1590. The zero-order valence-corrected chi connectivity index (χ0v) is 22.7. The minimum absolute atomic E-state index is 0.375. The molecule has 0 aliphatic carbocycles. The molecule has 4 heteroatoms. The lowest BCUT2D eigenvalue weighted by molar-refractivity contribution is -0.659. The summed E-state index contributed by atoms with van der Waals surface area (Å²) in [5.41, 5.74) is 11.8. The fourth-order valence-electron chi connectivity index (χ4n) is 5.87. The first-order valence-electron chi connectivity index (χ1n) is 13.3. The summed E-state index contributed by atoms with van der Waals surface area (Å²) in [5.74, 6) is 3.06. The van der Waals surface area contributed by atoms with E-state index >= 15 is 0 Å². The summed E-state index contributed by atoms with van der Waals surface area (Å²) < 4.78 is 6.99. The van der Waals surface area contributed by atoms with Crippen molar-refractivity contribution in [2.75, 3.05) is 0 Å². The van der Waals surface area contributed by atoms with Crippen LogP contribution in [-0.4, -0.2) is 14.1 Å². The lowest BCUT2D eigenvalue weighted by atomic mass is 9.88.